The van der Waals surface area contributed by atoms with Gasteiger partial charge in [0.15, 0.2) is 0 Å². The van der Waals surface area contributed by atoms with E-state index in [1.54, 1.807) is 13.0 Å². The Morgan fingerprint density at radius 3 is 2.78 bits per heavy atom. The van der Waals surface area contributed by atoms with Gasteiger partial charge in [-0.25, -0.2) is 9.97 Å². The molecule has 7 nitrogen and oxygen atoms in total. The number of benzene rings is 1. The third-order valence-electron chi connectivity index (χ3n) is 4.55. The minimum atomic E-state index is -0.224. The monoisotopic (exact) mass is 369 g/mol. The third-order valence-corrected chi connectivity index (χ3v) is 4.55. The second kappa shape index (κ2) is 9.43. The lowest BCUT2D eigenvalue weighted by atomic mass is 10.1. The summed E-state index contributed by atoms with van der Waals surface area (Å²) < 4.78 is 5.36. The fraction of sp³-hybridized carbons (Fsp3) is 0.450. The number of rotatable bonds is 7. The van der Waals surface area contributed by atoms with Crippen LogP contribution >= 0.6 is 0 Å². The SMILES string of the molecule is CCc1ccccc1NC(=O)c1cc(NCCN2CCOCC2)nc(C)n1. The molecule has 0 unspecified atom stereocenters. The molecule has 144 valence electrons. The van der Waals surface area contributed by atoms with E-state index in [1.165, 1.54) is 0 Å². The minimum Gasteiger partial charge on any atom is -0.379 e. The number of nitrogens with zero attached hydrogens (tertiary/aromatic N) is 3. The van der Waals surface area contributed by atoms with E-state index in [0.717, 1.165) is 57.1 Å². The Balaban J connectivity index is 1.62. The van der Waals surface area contributed by atoms with E-state index in [0.29, 0.717) is 17.3 Å². The molecule has 1 fully saturated rings. The normalized spacial score (nSPS) is 14.7. The largest absolute Gasteiger partial charge is 0.379 e. The first-order valence-electron chi connectivity index (χ1n) is 9.44. The molecule has 1 aromatic heterocycles. The number of para-hydroxylation sites is 1. The molecule has 0 radical (unpaired) electrons. The first-order chi connectivity index (χ1) is 13.2. The smallest absolute Gasteiger partial charge is 0.274 e. The number of hydrogen-bond acceptors (Lipinski definition) is 6. The predicted molar refractivity (Wildman–Crippen MR) is 106 cm³/mol. The van der Waals surface area contributed by atoms with Crippen LogP contribution in [0.3, 0.4) is 0 Å². The third kappa shape index (κ3) is 5.48. The molecule has 2 aromatic rings. The summed E-state index contributed by atoms with van der Waals surface area (Å²) in [6.45, 7) is 9.02. The molecule has 27 heavy (non-hydrogen) atoms. The lowest BCUT2D eigenvalue weighted by molar-refractivity contribution is 0.0398. The summed E-state index contributed by atoms with van der Waals surface area (Å²) >= 11 is 0. The van der Waals surface area contributed by atoms with Gasteiger partial charge in [0.05, 0.1) is 13.2 Å². The van der Waals surface area contributed by atoms with Crippen LogP contribution < -0.4 is 10.6 Å². The molecule has 1 amide bonds. The van der Waals surface area contributed by atoms with Crippen molar-refractivity contribution in [2.75, 3.05) is 50.0 Å². The average Bonchev–Trinajstić information content (AvgIpc) is 2.69. The molecule has 2 N–H and O–H groups in total. The Labute approximate surface area is 160 Å². The summed E-state index contributed by atoms with van der Waals surface area (Å²) in [5.41, 5.74) is 2.28. The highest BCUT2D eigenvalue weighted by Gasteiger charge is 2.13. The van der Waals surface area contributed by atoms with Gasteiger partial charge in [0.25, 0.3) is 5.91 Å². The molecule has 0 spiro atoms. The standard InChI is InChI=1S/C20H27N5O2/c1-3-16-6-4-5-7-17(16)24-20(26)18-14-19(23-15(2)22-18)21-8-9-25-10-12-27-13-11-25/h4-7,14H,3,8-13H2,1-2H3,(H,24,26)(H,21,22,23). The van der Waals surface area contributed by atoms with Crippen molar-refractivity contribution in [1.29, 1.82) is 0 Å². The molecule has 2 heterocycles. The second-order valence-corrected chi connectivity index (χ2v) is 6.53. The van der Waals surface area contributed by atoms with E-state index < -0.39 is 0 Å². The topological polar surface area (TPSA) is 79.4 Å². The highest BCUT2D eigenvalue weighted by Crippen LogP contribution is 2.17. The maximum Gasteiger partial charge on any atom is 0.274 e. The lowest BCUT2D eigenvalue weighted by Crippen LogP contribution is -2.39. The molecular formula is C20H27N5O2. The van der Waals surface area contributed by atoms with Crippen molar-refractivity contribution in [3.8, 4) is 0 Å². The van der Waals surface area contributed by atoms with Crippen molar-refractivity contribution in [2.24, 2.45) is 0 Å². The van der Waals surface area contributed by atoms with E-state index in [1.807, 2.05) is 24.3 Å². The van der Waals surface area contributed by atoms with Gasteiger partial charge in [0.2, 0.25) is 0 Å². The van der Waals surface area contributed by atoms with E-state index >= 15 is 0 Å². The van der Waals surface area contributed by atoms with E-state index in [4.69, 9.17) is 4.74 Å². The highest BCUT2D eigenvalue weighted by molar-refractivity contribution is 6.03. The Kier molecular flexibility index (Phi) is 6.73. The van der Waals surface area contributed by atoms with E-state index in [2.05, 4.69) is 32.4 Å². The van der Waals surface area contributed by atoms with E-state index in [9.17, 15) is 4.79 Å². The summed E-state index contributed by atoms with van der Waals surface area (Å²) in [6, 6.07) is 9.51. The second-order valence-electron chi connectivity index (χ2n) is 6.53. The number of morpholine rings is 1. The molecule has 0 aliphatic carbocycles. The van der Waals surface area contributed by atoms with Gasteiger partial charge >= 0.3 is 0 Å². The summed E-state index contributed by atoms with van der Waals surface area (Å²) in [6.07, 6.45) is 0.855. The first-order valence-corrected chi connectivity index (χ1v) is 9.44. The summed E-state index contributed by atoms with van der Waals surface area (Å²) in [5, 5.41) is 6.26. The lowest BCUT2D eigenvalue weighted by Gasteiger charge is -2.26. The summed E-state index contributed by atoms with van der Waals surface area (Å²) in [5.74, 6) is 1.02. The number of ether oxygens (including phenoxy) is 1. The number of carbonyl (C=O) groups is 1. The van der Waals surface area contributed by atoms with Gasteiger partial charge in [-0.2, -0.15) is 0 Å². The minimum absolute atomic E-state index is 0.224. The van der Waals surface area contributed by atoms with Crippen LogP contribution in [0.1, 0.15) is 28.8 Å². The number of aromatic nitrogens is 2. The van der Waals surface area contributed by atoms with Gasteiger partial charge in [-0.3, -0.25) is 9.69 Å². The Hall–Kier alpha value is -2.51. The Morgan fingerprint density at radius 1 is 1.22 bits per heavy atom. The zero-order valence-electron chi connectivity index (χ0n) is 16.0. The molecule has 7 heteroatoms. The van der Waals surface area contributed by atoms with Crippen molar-refractivity contribution in [1.82, 2.24) is 14.9 Å². The zero-order valence-corrected chi connectivity index (χ0v) is 16.0. The van der Waals surface area contributed by atoms with Gasteiger partial charge in [-0.15, -0.1) is 0 Å². The number of amides is 1. The van der Waals surface area contributed by atoms with Crippen molar-refractivity contribution in [2.45, 2.75) is 20.3 Å². The molecule has 1 aliphatic heterocycles. The molecule has 1 aromatic carbocycles. The van der Waals surface area contributed by atoms with Gasteiger partial charge in [-0.05, 0) is 25.0 Å². The van der Waals surface area contributed by atoms with Crippen LogP contribution in [0.2, 0.25) is 0 Å². The maximum absolute atomic E-state index is 12.7. The van der Waals surface area contributed by atoms with Crippen LogP contribution in [0.15, 0.2) is 30.3 Å². The number of carbonyl (C=O) groups excluding carboxylic acids is 1. The maximum atomic E-state index is 12.7. The number of hydrogen-bond donors (Lipinski definition) is 2. The molecule has 0 bridgehead atoms. The summed E-state index contributed by atoms with van der Waals surface area (Å²) in [7, 11) is 0. The highest BCUT2D eigenvalue weighted by atomic mass is 16.5. The molecule has 1 aliphatic rings. The van der Waals surface area contributed by atoms with Crippen molar-refractivity contribution < 1.29 is 9.53 Å². The van der Waals surface area contributed by atoms with Gasteiger partial charge in [0.1, 0.15) is 17.3 Å². The average molecular weight is 369 g/mol. The van der Waals surface area contributed by atoms with Crippen LogP contribution in [0.25, 0.3) is 0 Å². The summed E-state index contributed by atoms with van der Waals surface area (Å²) in [4.78, 5) is 23.7. The molecule has 3 rings (SSSR count). The fourth-order valence-electron chi connectivity index (χ4n) is 3.08. The van der Waals surface area contributed by atoms with Gasteiger partial charge in [-0.1, -0.05) is 25.1 Å². The van der Waals surface area contributed by atoms with Crippen LogP contribution in [0.5, 0.6) is 0 Å². The molecular weight excluding hydrogens is 342 g/mol. The zero-order chi connectivity index (χ0) is 19.1. The first kappa shape index (κ1) is 19.3. The van der Waals surface area contributed by atoms with Gasteiger partial charge < -0.3 is 15.4 Å². The van der Waals surface area contributed by atoms with Gasteiger partial charge in [0, 0.05) is 37.9 Å². The van der Waals surface area contributed by atoms with Crippen molar-refractivity contribution >= 4 is 17.4 Å². The quantitative estimate of drug-likeness (QED) is 0.780. The van der Waals surface area contributed by atoms with Crippen LogP contribution in [-0.2, 0) is 11.2 Å². The number of nitrogens with one attached hydrogen (secondary N) is 2. The predicted octanol–water partition coefficient (Wildman–Crippen LogP) is 2.34. The molecule has 0 saturated carbocycles. The van der Waals surface area contributed by atoms with Crippen LogP contribution in [0, 0.1) is 6.92 Å². The number of aryl methyl sites for hydroxylation is 2. The molecule has 0 atom stereocenters. The van der Waals surface area contributed by atoms with E-state index in [-0.39, 0.29) is 5.91 Å². The van der Waals surface area contributed by atoms with Crippen LogP contribution in [0.4, 0.5) is 11.5 Å². The fourth-order valence-corrected chi connectivity index (χ4v) is 3.08. The van der Waals surface area contributed by atoms with Crippen molar-refractivity contribution in [3.05, 3.63) is 47.4 Å². The van der Waals surface area contributed by atoms with Crippen molar-refractivity contribution in [3.63, 3.8) is 0 Å². The molecule has 1 saturated heterocycles. The Morgan fingerprint density at radius 2 is 2.00 bits per heavy atom. The van der Waals surface area contributed by atoms with Crippen LogP contribution in [-0.4, -0.2) is 60.2 Å². The Bertz CT molecular complexity index is 775. The number of anilines is 2.